The fourth-order valence-corrected chi connectivity index (χ4v) is 3.85. The van der Waals surface area contributed by atoms with Crippen LogP contribution in [0.3, 0.4) is 0 Å². The minimum atomic E-state index is -0.194. The second-order valence-corrected chi connectivity index (χ2v) is 7.94. The van der Waals surface area contributed by atoms with Gasteiger partial charge in [0.2, 0.25) is 0 Å². The van der Waals surface area contributed by atoms with Crippen molar-refractivity contribution in [2.75, 3.05) is 33.9 Å². The van der Waals surface area contributed by atoms with Crippen molar-refractivity contribution in [1.29, 1.82) is 0 Å². The van der Waals surface area contributed by atoms with Crippen LogP contribution in [0.4, 0.5) is 0 Å². The zero-order valence-corrected chi connectivity index (χ0v) is 18.2. The number of nitrogens with one attached hydrogen (secondary N) is 2. The van der Waals surface area contributed by atoms with Gasteiger partial charge in [0.15, 0.2) is 5.69 Å². The van der Waals surface area contributed by atoms with Gasteiger partial charge in [0.1, 0.15) is 5.75 Å². The molecule has 0 aliphatic carbocycles. The maximum absolute atomic E-state index is 12.8. The molecule has 164 valence electrons. The smallest absolute Gasteiger partial charge is 0.274 e. The Morgan fingerprint density at radius 3 is 2.63 bits per heavy atom. The van der Waals surface area contributed by atoms with Crippen LogP contribution in [-0.2, 0) is 24.1 Å². The Kier molecular flexibility index (Phi) is 8.21. The molecule has 0 bridgehead atoms. The molecule has 0 saturated carbocycles. The van der Waals surface area contributed by atoms with Gasteiger partial charge in [-0.25, -0.2) is 4.68 Å². The van der Waals surface area contributed by atoms with Crippen molar-refractivity contribution in [1.82, 2.24) is 25.6 Å². The highest BCUT2D eigenvalue weighted by molar-refractivity contribution is 5.93. The van der Waals surface area contributed by atoms with Gasteiger partial charge in [0.25, 0.3) is 5.91 Å². The summed E-state index contributed by atoms with van der Waals surface area (Å²) in [6.07, 6.45) is 3.73. The molecule has 1 atom stereocenters. The van der Waals surface area contributed by atoms with Crippen LogP contribution >= 0.6 is 0 Å². The van der Waals surface area contributed by atoms with E-state index in [9.17, 15) is 4.79 Å². The number of carbonyl (C=O) groups is 1. The standard InChI is InChI=1S/C22H33N5O3/c1-16(15-29-2)24-22(28)21-20(9-6-17-4-7-19(30-3)8-5-17)27(26-25-21)14-18-10-12-23-13-11-18/h4-5,7-8,16,18,23H,6,9-15H2,1-3H3,(H,24,28). The Hall–Kier alpha value is -2.45. The number of rotatable bonds is 10. The lowest BCUT2D eigenvalue weighted by Crippen LogP contribution is -2.36. The van der Waals surface area contributed by atoms with Gasteiger partial charge in [0.05, 0.1) is 19.4 Å². The predicted octanol–water partition coefficient (Wildman–Crippen LogP) is 1.84. The number of hydrogen-bond acceptors (Lipinski definition) is 6. The number of ether oxygens (including phenoxy) is 2. The first kappa shape index (κ1) is 22.2. The minimum Gasteiger partial charge on any atom is -0.497 e. The summed E-state index contributed by atoms with van der Waals surface area (Å²) in [7, 11) is 3.29. The predicted molar refractivity (Wildman–Crippen MR) is 115 cm³/mol. The Morgan fingerprint density at radius 1 is 1.23 bits per heavy atom. The van der Waals surface area contributed by atoms with Crippen LogP contribution in [0.25, 0.3) is 0 Å². The first-order valence-electron chi connectivity index (χ1n) is 10.7. The molecule has 1 aromatic heterocycles. The van der Waals surface area contributed by atoms with Gasteiger partial charge in [-0.2, -0.15) is 0 Å². The van der Waals surface area contributed by atoms with E-state index in [1.807, 2.05) is 23.7 Å². The fourth-order valence-electron chi connectivity index (χ4n) is 3.85. The minimum absolute atomic E-state index is 0.0912. The van der Waals surface area contributed by atoms with E-state index in [4.69, 9.17) is 9.47 Å². The molecule has 30 heavy (non-hydrogen) atoms. The van der Waals surface area contributed by atoms with Crippen molar-refractivity contribution in [3.05, 3.63) is 41.2 Å². The van der Waals surface area contributed by atoms with Crippen molar-refractivity contribution >= 4 is 5.91 Å². The summed E-state index contributed by atoms with van der Waals surface area (Å²) in [6, 6.07) is 7.94. The van der Waals surface area contributed by atoms with Crippen molar-refractivity contribution in [2.45, 2.75) is 45.2 Å². The molecule has 0 spiro atoms. The first-order valence-corrected chi connectivity index (χ1v) is 10.7. The summed E-state index contributed by atoms with van der Waals surface area (Å²) in [5.41, 5.74) is 2.50. The fraction of sp³-hybridized carbons (Fsp3) is 0.591. The molecule has 1 amide bonds. The van der Waals surface area contributed by atoms with Crippen LogP contribution in [0, 0.1) is 5.92 Å². The highest BCUT2D eigenvalue weighted by Gasteiger charge is 2.23. The summed E-state index contributed by atoms with van der Waals surface area (Å²) in [6.45, 7) is 5.23. The number of aromatic nitrogens is 3. The van der Waals surface area contributed by atoms with E-state index in [2.05, 4.69) is 33.1 Å². The molecule has 1 unspecified atom stereocenters. The number of hydrogen-bond donors (Lipinski definition) is 2. The number of carbonyl (C=O) groups excluding carboxylic acids is 1. The van der Waals surface area contributed by atoms with Crippen molar-refractivity contribution in [3.63, 3.8) is 0 Å². The maximum atomic E-state index is 12.8. The van der Waals surface area contributed by atoms with Gasteiger partial charge in [-0.15, -0.1) is 5.10 Å². The summed E-state index contributed by atoms with van der Waals surface area (Å²) in [5.74, 6) is 1.19. The number of methoxy groups -OCH3 is 2. The van der Waals surface area contributed by atoms with Gasteiger partial charge < -0.3 is 20.1 Å². The summed E-state index contributed by atoms with van der Waals surface area (Å²) < 4.78 is 12.3. The number of piperidine rings is 1. The average molecular weight is 416 g/mol. The second-order valence-electron chi connectivity index (χ2n) is 7.94. The second kappa shape index (κ2) is 11.1. The average Bonchev–Trinajstić information content (AvgIpc) is 3.16. The molecule has 8 heteroatoms. The van der Waals surface area contributed by atoms with Crippen molar-refractivity contribution in [3.8, 4) is 5.75 Å². The quantitative estimate of drug-likeness (QED) is 0.615. The lowest BCUT2D eigenvalue weighted by molar-refractivity contribution is 0.0899. The van der Waals surface area contributed by atoms with E-state index >= 15 is 0 Å². The van der Waals surface area contributed by atoms with E-state index < -0.39 is 0 Å². The van der Waals surface area contributed by atoms with E-state index in [1.165, 1.54) is 5.56 Å². The third-order valence-corrected chi connectivity index (χ3v) is 5.55. The molecule has 3 rings (SSSR count). The SMILES string of the molecule is COCC(C)NC(=O)c1nnn(CC2CCNCC2)c1CCc1ccc(OC)cc1. The van der Waals surface area contributed by atoms with E-state index in [-0.39, 0.29) is 11.9 Å². The molecule has 8 nitrogen and oxygen atoms in total. The molecular formula is C22H33N5O3. The normalized spacial score (nSPS) is 15.7. The number of benzene rings is 1. The number of aryl methyl sites for hydroxylation is 1. The molecule has 1 aromatic carbocycles. The Morgan fingerprint density at radius 2 is 1.97 bits per heavy atom. The Labute approximate surface area is 178 Å². The van der Waals surface area contributed by atoms with Gasteiger partial charge in [0, 0.05) is 19.7 Å². The van der Waals surface area contributed by atoms with Crippen molar-refractivity contribution < 1.29 is 14.3 Å². The number of amides is 1. The zero-order valence-electron chi connectivity index (χ0n) is 18.2. The molecule has 1 aliphatic heterocycles. The van der Waals surface area contributed by atoms with Gasteiger partial charge in [-0.05, 0) is 69.3 Å². The third kappa shape index (κ3) is 6.03. The van der Waals surface area contributed by atoms with Gasteiger partial charge in [-0.1, -0.05) is 17.3 Å². The molecule has 2 aromatic rings. The molecule has 2 heterocycles. The molecule has 1 aliphatic rings. The van der Waals surface area contributed by atoms with Gasteiger partial charge >= 0.3 is 0 Å². The van der Waals surface area contributed by atoms with Crippen LogP contribution in [0.1, 0.15) is 41.5 Å². The molecular weight excluding hydrogens is 382 g/mol. The monoisotopic (exact) mass is 415 g/mol. The number of nitrogens with zero attached hydrogens (tertiary/aromatic N) is 3. The molecule has 0 radical (unpaired) electrons. The van der Waals surface area contributed by atoms with Gasteiger partial charge in [-0.3, -0.25) is 4.79 Å². The molecule has 2 N–H and O–H groups in total. The maximum Gasteiger partial charge on any atom is 0.274 e. The van der Waals surface area contributed by atoms with E-state index in [1.54, 1.807) is 14.2 Å². The third-order valence-electron chi connectivity index (χ3n) is 5.55. The largest absolute Gasteiger partial charge is 0.497 e. The van der Waals surface area contributed by atoms with E-state index in [0.29, 0.717) is 24.6 Å². The lowest BCUT2D eigenvalue weighted by Gasteiger charge is -2.23. The zero-order chi connectivity index (χ0) is 21.3. The van der Waals surface area contributed by atoms with Crippen LogP contribution < -0.4 is 15.4 Å². The van der Waals surface area contributed by atoms with Crippen LogP contribution in [0.15, 0.2) is 24.3 Å². The Balaban J connectivity index is 1.76. The highest BCUT2D eigenvalue weighted by Crippen LogP contribution is 2.19. The summed E-state index contributed by atoms with van der Waals surface area (Å²) >= 11 is 0. The molecule has 1 saturated heterocycles. The van der Waals surface area contributed by atoms with E-state index in [0.717, 1.165) is 50.3 Å². The topological polar surface area (TPSA) is 90.3 Å². The van der Waals surface area contributed by atoms with Crippen LogP contribution in [0.5, 0.6) is 5.75 Å². The lowest BCUT2D eigenvalue weighted by atomic mass is 9.98. The van der Waals surface area contributed by atoms with Crippen LogP contribution in [-0.4, -0.2) is 60.9 Å². The van der Waals surface area contributed by atoms with Crippen LogP contribution in [0.2, 0.25) is 0 Å². The van der Waals surface area contributed by atoms with Crippen molar-refractivity contribution in [2.24, 2.45) is 5.92 Å². The summed E-state index contributed by atoms with van der Waals surface area (Å²) in [4.78, 5) is 12.8. The first-order chi connectivity index (χ1) is 14.6. The summed E-state index contributed by atoms with van der Waals surface area (Å²) in [5, 5.41) is 15.0. The molecule has 1 fully saturated rings. The Bertz CT molecular complexity index is 800. The highest BCUT2D eigenvalue weighted by atomic mass is 16.5.